The van der Waals surface area contributed by atoms with Gasteiger partial charge in [-0.05, 0) is 6.92 Å². The molecule has 0 unspecified atom stereocenters. The van der Waals surface area contributed by atoms with Crippen LogP contribution in [0.3, 0.4) is 0 Å². The highest BCUT2D eigenvalue weighted by molar-refractivity contribution is 6.33. The number of carbonyl (C=O) groups excluding carboxylic acids is 1. The van der Waals surface area contributed by atoms with E-state index in [1.165, 1.54) is 0 Å². The fourth-order valence-electron chi connectivity index (χ4n) is 0.745. The largest absolute Gasteiger partial charge is 0.349 e. The van der Waals surface area contributed by atoms with Gasteiger partial charge >= 0.3 is 0 Å². The lowest BCUT2D eigenvalue weighted by molar-refractivity contribution is 0.0921. The number of aromatic nitrogens is 1. The van der Waals surface area contributed by atoms with E-state index in [0.29, 0.717) is 12.2 Å². The minimum atomic E-state index is -0.384. The van der Waals surface area contributed by atoms with E-state index in [-0.39, 0.29) is 16.7 Å². The molecule has 5 heteroatoms. The summed E-state index contributed by atoms with van der Waals surface area (Å²) >= 11 is 5.74. The van der Waals surface area contributed by atoms with Gasteiger partial charge in [0.15, 0.2) is 0 Å². The molecule has 0 aliphatic rings. The highest BCUT2D eigenvalue weighted by Gasteiger charge is 2.17. The number of amides is 1. The molecule has 4 nitrogen and oxygen atoms in total. The maximum Gasteiger partial charge on any atom is 0.291 e. The van der Waals surface area contributed by atoms with Crippen molar-refractivity contribution in [1.82, 2.24) is 10.5 Å². The Hall–Kier alpha value is -1.29. The molecular formula is C8H9ClN2O2. The van der Waals surface area contributed by atoms with Crippen molar-refractivity contribution < 1.29 is 9.32 Å². The molecule has 0 aliphatic heterocycles. The molecule has 0 fully saturated rings. The standard InChI is InChI=1S/C8H9ClN2O2/c1-3-4-10-8(12)7-6(9)5(2)11-13-7/h3H,1,4H2,2H3,(H,10,12). The first kappa shape index (κ1) is 9.80. The third-order valence-corrected chi connectivity index (χ3v) is 1.85. The van der Waals surface area contributed by atoms with Crippen molar-refractivity contribution in [1.29, 1.82) is 0 Å². The van der Waals surface area contributed by atoms with Crippen LogP contribution in [0.15, 0.2) is 17.2 Å². The number of hydrogen-bond acceptors (Lipinski definition) is 3. The molecule has 1 aromatic rings. The first-order valence-electron chi connectivity index (χ1n) is 3.67. The molecule has 0 aliphatic carbocycles. The summed E-state index contributed by atoms with van der Waals surface area (Å²) in [7, 11) is 0. The second-order valence-electron chi connectivity index (χ2n) is 2.41. The van der Waals surface area contributed by atoms with Crippen LogP contribution in [0.4, 0.5) is 0 Å². The van der Waals surface area contributed by atoms with Gasteiger partial charge in [0.25, 0.3) is 5.91 Å². The molecule has 0 saturated carbocycles. The summed E-state index contributed by atoms with van der Waals surface area (Å²) < 4.78 is 4.73. The van der Waals surface area contributed by atoms with Gasteiger partial charge in [0, 0.05) is 6.54 Å². The minimum Gasteiger partial charge on any atom is -0.349 e. The van der Waals surface area contributed by atoms with Crippen LogP contribution in [-0.2, 0) is 0 Å². The fourth-order valence-corrected chi connectivity index (χ4v) is 0.900. The zero-order valence-corrected chi connectivity index (χ0v) is 7.89. The Kier molecular flexibility index (Phi) is 3.08. The molecule has 70 valence electrons. The minimum absolute atomic E-state index is 0.0426. The molecule has 0 aromatic carbocycles. The summed E-state index contributed by atoms with van der Waals surface area (Å²) in [5, 5.41) is 6.33. The van der Waals surface area contributed by atoms with Crippen LogP contribution in [0.1, 0.15) is 16.2 Å². The average Bonchev–Trinajstić information content (AvgIpc) is 2.44. The third kappa shape index (κ3) is 2.09. The van der Waals surface area contributed by atoms with Crippen LogP contribution in [-0.4, -0.2) is 17.6 Å². The van der Waals surface area contributed by atoms with Gasteiger partial charge in [0.1, 0.15) is 5.02 Å². The summed E-state index contributed by atoms with van der Waals surface area (Å²) in [4.78, 5) is 11.3. The third-order valence-electron chi connectivity index (χ3n) is 1.40. The Labute approximate surface area is 80.5 Å². The second-order valence-corrected chi connectivity index (χ2v) is 2.79. The summed E-state index contributed by atoms with van der Waals surface area (Å²) in [5.41, 5.74) is 0.505. The molecule has 1 N–H and O–H groups in total. The lowest BCUT2D eigenvalue weighted by atomic mass is 10.3. The SMILES string of the molecule is C=CCNC(=O)c1onc(C)c1Cl. The Morgan fingerprint density at radius 3 is 3.00 bits per heavy atom. The van der Waals surface area contributed by atoms with Crippen LogP contribution < -0.4 is 5.32 Å². The predicted octanol–water partition coefficient (Wildman–Crippen LogP) is 1.55. The Balaban J connectivity index is 2.77. The molecule has 0 bridgehead atoms. The van der Waals surface area contributed by atoms with E-state index in [4.69, 9.17) is 16.1 Å². The van der Waals surface area contributed by atoms with Crippen molar-refractivity contribution >= 4 is 17.5 Å². The van der Waals surface area contributed by atoms with Gasteiger partial charge in [0.05, 0.1) is 5.69 Å². The van der Waals surface area contributed by atoms with Crippen molar-refractivity contribution in [3.05, 3.63) is 29.1 Å². The van der Waals surface area contributed by atoms with Crippen LogP contribution in [0, 0.1) is 6.92 Å². The lowest BCUT2D eigenvalue weighted by Gasteiger charge is -1.96. The first-order chi connectivity index (χ1) is 6.16. The Morgan fingerprint density at radius 1 is 1.85 bits per heavy atom. The Morgan fingerprint density at radius 2 is 2.54 bits per heavy atom. The summed E-state index contributed by atoms with van der Waals surface area (Å²) in [6.45, 7) is 5.49. The van der Waals surface area contributed by atoms with Gasteiger partial charge in [-0.1, -0.05) is 22.8 Å². The second kappa shape index (κ2) is 4.09. The molecule has 0 atom stereocenters. The molecule has 1 heterocycles. The Bertz CT molecular complexity index is 333. The number of rotatable bonds is 3. The smallest absolute Gasteiger partial charge is 0.291 e. The van der Waals surface area contributed by atoms with Gasteiger partial charge in [-0.15, -0.1) is 6.58 Å². The number of hydrogen-bond donors (Lipinski definition) is 1. The van der Waals surface area contributed by atoms with Crippen LogP contribution in [0.25, 0.3) is 0 Å². The number of nitrogens with zero attached hydrogens (tertiary/aromatic N) is 1. The quantitative estimate of drug-likeness (QED) is 0.754. The van der Waals surface area contributed by atoms with E-state index in [9.17, 15) is 4.79 Å². The number of nitrogens with one attached hydrogen (secondary N) is 1. The van der Waals surface area contributed by atoms with Gasteiger partial charge in [-0.2, -0.15) is 0 Å². The maximum atomic E-state index is 11.3. The molecule has 0 radical (unpaired) electrons. The monoisotopic (exact) mass is 200 g/mol. The first-order valence-corrected chi connectivity index (χ1v) is 4.05. The van der Waals surface area contributed by atoms with Gasteiger partial charge < -0.3 is 9.84 Å². The van der Waals surface area contributed by atoms with E-state index in [2.05, 4.69) is 17.1 Å². The summed E-state index contributed by atoms with van der Waals surface area (Å²) in [6.07, 6.45) is 1.56. The van der Waals surface area contributed by atoms with Crippen molar-refractivity contribution in [3.63, 3.8) is 0 Å². The van der Waals surface area contributed by atoms with E-state index in [0.717, 1.165) is 0 Å². The number of aryl methyl sites for hydroxylation is 1. The van der Waals surface area contributed by atoms with Crippen molar-refractivity contribution in [2.24, 2.45) is 0 Å². The van der Waals surface area contributed by atoms with E-state index >= 15 is 0 Å². The van der Waals surface area contributed by atoms with Gasteiger partial charge in [-0.3, -0.25) is 4.79 Å². The average molecular weight is 201 g/mol. The van der Waals surface area contributed by atoms with E-state index in [1.54, 1.807) is 13.0 Å². The molecule has 1 amide bonds. The zero-order valence-electron chi connectivity index (χ0n) is 7.13. The van der Waals surface area contributed by atoms with Crippen molar-refractivity contribution in [3.8, 4) is 0 Å². The van der Waals surface area contributed by atoms with Crippen LogP contribution in [0.2, 0.25) is 5.02 Å². The molecule has 0 saturated heterocycles. The zero-order chi connectivity index (χ0) is 9.84. The van der Waals surface area contributed by atoms with Crippen molar-refractivity contribution in [2.45, 2.75) is 6.92 Å². The van der Waals surface area contributed by atoms with Crippen LogP contribution >= 0.6 is 11.6 Å². The molecule has 13 heavy (non-hydrogen) atoms. The van der Waals surface area contributed by atoms with E-state index in [1.807, 2.05) is 0 Å². The highest BCUT2D eigenvalue weighted by atomic mass is 35.5. The van der Waals surface area contributed by atoms with Gasteiger partial charge in [0.2, 0.25) is 5.76 Å². The molecular weight excluding hydrogens is 192 g/mol. The summed E-state index contributed by atoms with van der Waals surface area (Å²) in [5.74, 6) is -0.341. The highest BCUT2D eigenvalue weighted by Crippen LogP contribution is 2.19. The van der Waals surface area contributed by atoms with Crippen molar-refractivity contribution in [2.75, 3.05) is 6.54 Å². The normalized spacial score (nSPS) is 9.69. The van der Waals surface area contributed by atoms with E-state index < -0.39 is 0 Å². The van der Waals surface area contributed by atoms with Gasteiger partial charge in [-0.25, -0.2) is 0 Å². The van der Waals surface area contributed by atoms with Crippen LogP contribution in [0.5, 0.6) is 0 Å². The predicted molar refractivity (Wildman–Crippen MR) is 48.8 cm³/mol. The number of carbonyl (C=O) groups is 1. The number of halogens is 1. The maximum absolute atomic E-state index is 11.3. The molecule has 1 rings (SSSR count). The summed E-state index contributed by atoms with van der Waals surface area (Å²) in [6, 6.07) is 0. The molecule has 0 spiro atoms. The molecule has 1 aromatic heterocycles. The fraction of sp³-hybridized carbons (Fsp3) is 0.250. The topological polar surface area (TPSA) is 55.1 Å². The lowest BCUT2D eigenvalue weighted by Crippen LogP contribution is -2.22.